The number of amides is 1. The molecule has 1 aliphatic rings. The van der Waals surface area contributed by atoms with Gasteiger partial charge in [0.15, 0.2) is 0 Å². The van der Waals surface area contributed by atoms with Gasteiger partial charge in [0.05, 0.1) is 17.7 Å². The Balaban J connectivity index is 1.76. The Labute approximate surface area is 93.1 Å². The number of carbonyl (C=O) groups excluding carboxylic acids is 1. The highest BCUT2D eigenvalue weighted by Gasteiger charge is 2.20. The average Bonchev–Trinajstić information content (AvgIpc) is 2.80. The smallest absolute Gasteiger partial charge is 0.223 e. The molecule has 5 heteroatoms. The number of rotatable bonds is 3. The van der Waals surface area contributed by atoms with E-state index >= 15 is 0 Å². The van der Waals surface area contributed by atoms with E-state index in [1.54, 1.807) is 16.8 Å². The van der Waals surface area contributed by atoms with Gasteiger partial charge in [-0.1, -0.05) is 0 Å². The molecule has 0 aliphatic carbocycles. The molecule has 15 heavy (non-hydrogen) atoms. The summed E-state index contributed by atoms with van der Waals surface area (Å²) in [5.41, 5.74) is 2.73. The molecule has 0 radical (unpaired) electrons. The maximum absolute atomic E-state index is 11.7. The molecule has 0 aromatic carbocycles. The van der Waals surface area contributed by atoms with Crippen LogP contribution in [0.5, 0.6) is 0 Å². The van der Waals surface area contributed by atoms with Gasteiger partial charge in [-0.25, -0.2) is 4.98 Å². The predicted octanol–water partition coefficient (Wildman–Crippen LogP) is 0.759. The Morgan fingerprint density at radius 3 is 3.07 bits per heavy atom. The van der Waals surface area contributed by atoms with Crippen LogP contribution in [0.15, 0.2) is 10.9 Å². The van der Waals surface area contributed by atoms with E-state index in [4.69, 9.17) is 0 Å². The van der Waals surface area contributed by atoms with Crippen LogP contribution in [0.3, 0.4) is 0 Å². The third-order valence-corrected chi connectivity index (χ3v) is 3.27. The van der Waals surface area contributed by atoms with E-state index in [0.717, 1.165) is 31.6 Å². The summed E-state index contributed by atoms with van der Waals surface area (Å²) >= 11 is 1.55. The van der Waals surface area contributed by atoms with Crippen molar-refractivity contribution in [2.75, 3.05) is 13.1 Å². The van der Waals surface area contributed by atoms with Gasteiger partial charge in [0.2, 0.25) is 5.91 Å². The van der Waals surface area contributed by atoms with Gasteiger partial charge >= 0.3 is 0 Å². The molecule has 4 nitrogen and oxygen atoms in total. The summed E-state index contributed by atoms with van der Waals surface area (Å²) in [6.45, 7) is 2.47. The lowest BCUT2D eigenvalue weighted by Crippen LogP contribution is -2.37. The standard InChI is InChI=1S/C10H15N3OS/c14-10(8-1-3-11-4-2-8)12-5-9-6-15-7-13-9/h6-8,11H,1-5H2,(H,12,14). The fraction of sp³-hybridized carbons (Fsp3) is 0.600. The minimum atomic E-state index is 0.171. The van der Waals surface area contributed by atoms with E-state index < -0.39 is 0 Å². The summed E-state index contributed by atoms with van der Waals surface area (Å²) in [4.78, 5) is 15.9. The van der Waals surface area contributed by atoms with Crippen LogP contribution in [0, 0.1) is 5.92 Å². The molecule has 0 atom stereocenters. The second-order valence-corrected chi connectivity index (χ2v) is 4.44. The largest absolute Gasteiger partial charge is 0.350 e. The highest BCUT2D eigenvalue weighted by Crippen LogP contribution is 2.11. The number of nitrogens with zero attached hydrogens (tertiary/aromatic N) is 1. The molecule has 0 saturated carbocycles. The SMILES string of the molecule is O=C(NCc1cscn1)C1CCNCC1. The van der Waals surface area contributed by atoms with Gasteiger partial charge in [0.25, 0.3) is 0 Å². The van der Waals surface area contributed by atoms with E-state index in [1.165, 1.54) is 0 Å². The summed E-state index contributed by atoms with van der Waals surface area (Å²) in [6.07, 6.45) is 1.89. The van der Waals surface area contributed by atoms with Crippen molar-refractivity contribution in [3.05, 3.63) is 16.6 Å². The number of hydrogen-bond acceptors (Lipinski definition) is 4. The number of thiazole rings is 1. The Morgan fingerprint density at radius 2 is 2.40 bits per heavy atom. The monoisotopic (exact) mass is 225 g/mol. The first kappa shape index (κ1) is 10.6. The van der Waals surface area contributed by atoms with Crippen molar-refractivity contribution in [3.8, 4) is 0 Å². The molecular weight excluding hydrogens is 210 g/mol. The quantitative estimate of drug-likeness (QED) is 0.798. The minimum absolute atomic E-state index is 0.171. The van der Waals surface area contributed by atoms with Crippen LogP contribution >= 0.6 is 11.3 Å². The summed E-state index contributed by atoms with van der Waals surface area (Å²) < 4.78 is 0. The second-order valence-electron chi connectivity index (χ2n) is 3.72. The fourth-order valence-electron chi connectivity index (χ4n) is 1.73. The van der Waals surface area contributed by atoms with E-state index in [9.17, 15) is 4.79 Å². The molecule has 1 fully saturated rings. The van der Waals surface area contributed by atoms with Crippen LogP contribution < -0.4 is 10.6 Å². The summed E-state index contributed by atoms with van der Waals surface area (Å²) in [7, 11) is 0. The third-order valence-electron chi connectivity index (χ3n) is 2.64. The minimum Gasteiger partial charge on any atom is -0.350 e. The Bertz CT molecular complexity index is 306. The molecule has 2 rings (SSSR count). The first-order valence-corrected chi connectivity index (χ1v) is 6.16. The van der Waals surface area contributed by atoms with Crippen LogP contribution in [0.1, 0.15) is 18.5 Å². The number of piperidine rings is 1. The van der Waals surface area contributed by atoms with Crippen molar-refractivity contribution in [2.24, 2.45) is 5.92 Å². The molecule has 0 spiro atoms. The lowest BCUT2D eigenvalue weighted by atomic mass is 9.97. The van der Waals surface area contributed by atoms with Crippen LogP contribution in [0.2, 0.25) is 0 Å². The number of carbonyl (C=O) groups is 1. The highest BCUT2D eigenvalue weighted by molar-refractivity contribution is 7.07. The van der Waals surface area contributed by atoms with E-state index in [-0.39, 0.29) is 11.8 Å². The van der Waals surface area contributed by atoms with Crippen LogP contribution in [0.4, 0.5) is 0 Å². The van der Waals surface area contributed by atoms with Crippen molar-refractivity contribution in [3.63, 3.8) is 0 Å². The van der Waals surface area contributed by atoms with E-state index in [2.05, 4.69) is 15.6 Å². The van der Waals surface area contributed by atoms with E-state index in [0.29, 0.717) is 6.54 Å². The molecule has 1 saturated heterocycles. The Morgan fingerprint density at radius 1 is 1.60 bits per heavy atom. The maximum atomic E-state index is 11.7. The normalized spacial score (nSPS) is 17.6. The van der Waals surface area contributed by atoms with Gasteiger partial charge in [-0.2, -0.15) is 0 Å². The van der Waals surface area contributed by atoms with Crippen molar-refractivity contribution >= 4 is 17.2 Å². The fourth-order valence-corrected chi connectivity index (χ4v) is 2.29. The molecule has 2 heterocycles. The van der Waals surface area contributed by atoms with Gasteiger partial charge in [-0.3, -0.25) is 4.79 Å². The summed E-state index contributed by atoms with van der Waals surface area (Å²) in [5.74, 6) is 0.356. The van der Waals surface area contributed by atoms with Crippen molar-refractivity contribution in [2.45, 2.75) is 19.4 Å². The van der Waals surface area contributed by atoms with Gasteiger partial charge in [-0.05, 0) is 25.9 Å². The lowest BCUT2D eigenvalue weighted by molar-refractivity contribution is -0.125. The Kier molecular flexibility index (Phi) is 3.69. The van der Waals surface area contributed by atoms with Gasteiger partial charge < -0.3 is 10.6 Å². The van der Waals surface area contributed by atoms with Crippen LogP contribution in [-0.4, -0.2) is 24.0 Å². The van der Waals surface area contributed by atoms with Crippen molar-refractivity contribution in [1.82, 2.24) is 15.6 Å². The first-order valence-electron chi connectivity index (χ1n) is 5.22. The zero-order valence-electron chi connectivity index (χ0n) is 8.53. The molecule has 1 amide bonds. The number of nitrogens with one attached hydrogen (secondary N) is 2. The van der Waals surface area contributed by atoms with E-state index in [1.807, 2.05) is 5.38 Å². The zero-order chi connectivity index (χ0) is 10.5. The molecule has 0 unspecified atom stereocenters. The molecule has 0 bridgehead atoms. The average molecular weight is 225 g/mol. The van der Waals surface area contributed by atoms with Crippen molar-refractivity contribution in [1.29, 1.82) is 0 Å². The summed E-state index contributed by atoms with van der Waals surface area (Å²) in [6, 6.07) is 0. The lowest BCUT2D eigenvalue weighted by Gasteiger charge is -2.21. The van der Waals surface area contributed by atoms with Crippen molar-refractivity contribution < 1.29 is 4.79 Å². The van der Waals surface area contributed by atoms with Gasteiger partial charge in [0, 0.05) is 11.3 Å². The first-order chi connectivity index (χ1) is 7.36. The van der Waals surface area contributed by atoms with Gasteiger partial charge in [-0.15, -0.1) is 11.3 Å². The van der Waals surface area contributed by atoms with Crippen LogP contribution in [0.25, 0.3) is 0 Å². The van der Waals surface area contributed by atoms with Crippen LogP contribution in [-0.2, 0) is 11.3 Å². The molecule has 1 aromatic heterocycles. The number of hydrogen-bond donors (Lipinski definition) is 2. The third kappa shape index (κ3) is 3.00. The molecular formula is C10H15N3OS. The van der Waals surface area contributed by atoms with Gasteiger partial charge in [0.1, 0.15) is 0 Å². The predicted molar refractivity (Wildman–Crippen MR) is 59.6 cm³/mol. The molecule has 82 valence electrons. The second kappa shape index (κ2) is 5.23. The molecule has 1 aromatic rings. The molecule has 2 N–H and O–H groups in total. The molecule has 1 aliphatic heterocycles. The number of aromatic nitrogens is 1. The summed E-state index contributed by atoms with van der Waals surface area (Å²) in [5, 5.41) is 8.14. The highest BCUT2D eigenvalue weighted by atomic mass is 32.1. The maximum Gasteiger partial charge on any atom is 0.223 e. The Hall–Kier alpha value is -0.940. The zero-order valence-corrected chi connectivity index (χ0v) is 9.35. The topological polar surface area (TPSA) is 54.0 Å².